The minimum atomic E-state index is -4.76. The van der Waals surface area contributed by atoms with E-state index in [1.165, 1.54) is 13.3 Å². The van der Waals surface area contributed by atoms with E-state index in [9.17, 15) is 19.7 Å². The topological polar surface area (TPSA) is 163 Å². The summed E-state index contributed by atoms with van der Waals surface area (Å²) < 4.78 is 21.7. The minimum Gasteiger partial charge on any atom is -0.506 e. The molecule has 2 heterocycles. The Bertz CT molecular complexity index is 1550. The van der Waals surface area contributed by atoms with Gasteiger partial charge in [-0.15, -0.1) is 4.73 Å². The number of hydrogen-bond donors (Lipinski definition) is 5. The summed E-state index contributed by atoms with van der Waals surface area (Å²) in [7, 11) is -3.24. The normalized spacial score (nSPS) is 11.6. The van der Waals surface area contributed by atoms with Crippen molar-refractivity contribution in [3.8, 4) is 11.5 Å². The molecular weight excluding hydrogens is 501 g/mol. The molecule has 0 aliphatic carbocycles. The number of aromatic hydroxyl groups is 1. The van der Waals surface area contributed by atoms with E-state index < -0.39 is 20.0 Å². The van der Waals surface area contributed by atoms with Crippen molar-refractivity contribution < 1.29 is 33.9 Å². The third kappa shape index (κ3) is 5.92. The van der Waals surface area contributed by atoms with Crippen LogP contribution in [0.15, 0.2) is 59.5 Å². The number of ether oxygens (including phenoxy) is 1. The van der Waals surface area contributed by atoms with Gasteiger partial charge in [0.05, 0.1) is 24.9 Å². The van der Waals surface area contributed by atoms with Crippen molar-refractivity contribution in [1.29, 1.82) is 0 Å². The quantitative estimate of drug-likeness (QED) is 0.161. The number of fused-ring (bicyclic) bond motifs is 1. The van der Waals surface area contributed by atoms with Gasteiger partial charge >= 0.3 is 13.4 Å². The summed E-state index contributed by atoms with van der Waals surface area (Å²) in [5.74, 6) is 0.311. The number of benzene rings is 2. The van der Waals surface area contributed by atoms with Gasteiger partial charge in [-0.05, 0) is 30.2 Å². The molecule has 0 amide bonds. The molecule has 37 heavy (non-hydrogen) atoms. The number of pyridine rings is 2. The number of rotatable bonds is 9. The zero-order chi connectivity index (χ0) is 26.7. The van der Waals surface area contributed by atoms with Crippen LogP contribution >= 0.6 is 7.82 Å². The van der Waals surface area contributed by atoms with E-state index in [1.807, 2.05) is 36.4 Å². The first-order valence-corrected chi connectivity index (χ1v) is 12.7. The lowest BCUT2D eigenvalue weighted by Crippen LogP contribution is -2.22. The van der Waals surface area contributed by atoms with Crippen molar-refractivity contribution >= 4 is 24.4 Å². The Morgan fingerprint density at radius 1 is 1.11 bits per heavy atom. The van der Waals surface area contributed by atoms with E-state index in [1.54, 1.807) is 19.1 Å². The summed E-state index contributed by atoms with van der Waals surface area (Å²) in [5.41, 5.74) is 2.22. The number of aromatic nitrogens is 2. The zero-order valence-electron chi connectivity index (χ0n) is 20.1. The Morgan fingerprint density at radius 2 is 1.84 bits per heavy atom. The van der Waals surface area contributed by atoms with Crippen LogP contribution in [0.1, 0.15) is 27.9 Å². The maximum Gasteiger partial charge on any atom is 0.469 e. The van der Waals surface area contributed by atoms with Crippen molar-refractivity contribution in [2.45, 2.75) is 26.5 Å². The third-order valence-electron chi connectivity index (χ3n) is 5.89. The summed E-state index contributed by atoms with van der Waals surface area (Å²) in [5, 5.41) is 24.6. The van der Waals surface area contributed by atoms with Crippen LogP contribution in [0.25, 0.3) is 10.9 Å². The van der Waals surface area contributed by atoms with Crippen LogP contribution in [0.5, 0.6) is 11.5 Å². The fourth-order valence-corrected chi connectivity index (χ4v) is 4.29. The second-order valence-electron chi connectivity index (χ2n) is 8.37. The second-order valence-corrected chi connectivity index (χ2v) is 9.61. The number of phosphoric acid groups is 1. The van der Waals surface area contributed by atoms with Crippen LogP contribution < -0.4 is 15.6 Å². The van der Waals surface area contributed by atoms with E-state index >= 15 is 0 Å². The van der Waals surface area contributed by atoms with Crippen LogP contribution in [0.2, 0.25) is 0 Å². The van der Waals surface area contributed by atoms with E-state index in [0.717, 1.165) is 11.1 Å². The van der Waals surface area contributed by atoms with Gasteiger partial charge in [-0.1, -0.05) is 30.3 Å². The summed E-state index contributed by atoms with van der Waals surface area (Å²) >= 11 is 0. The van der Waals surface area contributed by atoms with Crippen LogP contribution in [0.3, 0.4) is 0 Å². The summed E-state index contributed by atoms with van der Waals surface area (Å²) in [6, 6.07) is 14.8. The zero-order valence-corrected chi connectivity index (χ0v) is 21.0. The molecule has 4 rings (SSSR count). The Morgan fingerprint density at radius 3 is 2.51 bits per heavy atom. The lowest BCUT2D eigenvalue weighted by molar-refractivity contribution is 0.187. The Labute approximate surface area is 211 Å². The maximum atomic E-state index is 12.9. The Hall–Kier alpha value is -3.89. The molecule has 0 saturated carbocycles. The molecule has 12 heteroatoms. The molecule has 11 nitrogen and oxygen atoms in total. The smallest absolute Gasteiger partial charge is 0.469 e. The van der Waals surface area contributed by atoms with Crippen LogP contribution in [-0.4, -0.2) is 36.9 Å². The number of hydrogen-bond acceptors (Lipinski definition) is 8. The highest BCUT2D eigenvalue weighted by Gasteiger charge is 2.19. The SMILES string of the molecule is COc1cc2c(cc1Cc1ccccc1)cc(NCc1c(COP(=O)(O)O)cnc(C)c1O)c(=O)n2O. The maximum absolute atomic E-state index is 12.9. The summed E-state index contributed by atoms with van der Waals surface area (Å²) in [6.45, 7) is 0.945. The predicted octanol–water partition coefficient (Wildman–Crippen LogP) is 3.47. The van der Waals surface area contributed by atoms with Crippen LogP contribution in [0.4, 0.5) is 5.69 Å². The second kappa shape index (κ2) is 10.6. The molecule has 2 aromatic carbocycles. The van der Waals surface area contributed by atoms with Crippen molar-refractivity contribution in [3.63, 3.8) is 0 Å². The predicted molar refractivity (Wildman–Crippen MR) is 136 cm³/mol. The molecule has 5 N–H and O–H groups in total. The molecule has 194 valence electrons. The first-order chi connectivity index (χ1) is 17.6. The van der Waals surface area contributed by atoms with Gasteiger partial charge in [0.15, 0.2) is 0 Å². The molecule has 0 unspecified atom stereocenters. The first kappa shape index (κ1) is 26.2. The Balaban J connectivity index is 1.69. The number of nitrogens with zero attached hydrogens (tertiary/aromatic N) is 2. The number of nitrogens with one attached hydrogen (secondary N) is 1. The van der Waals surface area contributed by atoms with Gasteiger partial charge in [-0.3, -0.25) is 14.3 Å². The van der Waals surface area contributed by atoms with Gasteiger partial charge in [0.25, 0.3) is 0 Å². The molecule has 2 aromatic heterocycles. The Kier molecular flexibility index (Phi) is 7.51. The summed E-state index contributed by atoms with van der Waals surface area (Å²) in [6.07, 6.45) is 1.90. The van der Waals surface area contributed by atoms with E-state index in [4.69, 9.17) is 14.5 Å². The minimum absolute atomic E-state index is 0.0431. The molecule has 0 fully saturated rings. The van der Waals surface area contributed by atoms with Gasteiger partial charge in [0, 0.05) is 41.7 Å². The van der Waals surface area contributed by atoms with Gasteiger partial charge in [0.1, 0.15) is 17.2 Å². The third-order valence-corrected chi connectivity index (χ3v) is 6.36. The van der Waals surface area contributed by atoms with Gasteiger partial charge in [0.2, 0.25) is 0 Å². The highest BCUT2D eigenvalue weighted by molar-refractivity contribution is 7.46. The number of phosphoric ester groups is 1. The number of methoxy groups -OCH3 is 1. The highest BCUT2D eigenvalue weighted by atomic mass is 31.2. The molecule has 4 aromatic rings. The largest absolute Gasteiger partial charge is 0.506 e. The average Bonchev–Trinajstić information content (AvgIpc) is 2.86. The number of aryl methyl sites for hydroxylation is 1. The molecule has 0 radical (unpaired) electrons. The summed E-state index contributed by atoms with van der Waals surface area (Å²) in [4.78, 5) is 34.9. The molecule has 0 saturated heterocycles. The van der Waals surface area contributed by atoms with E-state index in [2.05, 4.69) is 14.8 Å². The highest BCUT2D eigenvalue weighted by Crippen LogP contribution is 2.38. The lowest BCUT2D eigenvalue weighted by atomic mass is 10.0. The molecule has 0 spiro atoms. The van der Waals surface area contributed by atoms with E-state index in [-0.39, 0.29) is 40.3 Å². The van der Waals surface area contributed by atoms with Crippen molar-refractivity contribution in [2.24, 2.45) is 0 Å². The fraction of sp³-hybridized carbons (Fsp3) is 0.200. The van der Waals surface area contributed by atoms with Crippen molar-refractivity contribution in [1.82, 2.24) is 9.71 Å². The molecular formula is C25H26N3O8P. The first-order valence-electron chi connectivity index (χ1n) is 11.2. The average molecular weight is 527 g/mol. The van der Waals surface area contributed by atoms with Crippen molar-refractivity contribution in [3.05, 3.63) is 93.0 Å². The van der Waals surface area contributed by atoms with Crippen molar-refractivity contribution in [2.75, 3.05) is 12.4 Å². The van der Waals surface area contributed by atoms with Crippen LogP contribution in [0, 0.1) is 6.92 Å². The van der Waals surface area contributed by atoms with Gasteiger partial charge < -0.3 is 30.2 Å². The molecule has 0 atom stereocenters. The van der Waals surface area contributed by atoms with Gasteiger partial charge in [-0.25, -0.2) is 4.57 Å². The molecule has 0 bridgehead atoms. The lowest BCUT2D eigenvalue weighted by Gasteiger charge is -2.16. The van der Waals surface area contributed by atoms with Crippen LogP contribution in [-0.2, 0) is 28.7 Å². The monoisotopic (exact) mass is 527 g/mol. The number of anilines is 1. The van der Waals surface area contributed by atoms with E-state index in [0.29, 0.717) is 22.3 Å². The molecule has 0 aliphatic rings. The molecule has 0 aliphatic heterocycles. The fourth-order valence-electron chi connectivity index (χ4n) is 3.99. The van der Waals surface area contributed by atoms with Gasteiger partial charge in [-0.2, -0.15) is 0 Å². The standard InChI is InChI=1S/C25H26N3O8P/c1-15-24(29)20(19(12-26-15)14-36-37(32,33)34)13-27-21-10-17-9-18(8-16-6-4-3-5-7-16)23(35-2)11-22(17)28(31)25(21)30/h3-7,9-12,27,29,31H,8,13-14H2,1-2H3,(H2,32,33,34).